The van der Waals surface area contributed by atoms with E-state index in [-0.39, 0.29) is 12.5 Å². The lowest BCUT2D eigenvalue weighted by Crippen LogP contribution is -2.28. The first-order valence-corrected chi connectivity index (χ1v) is 10.2. The lowest BCUT2D eigenvalue weighted by atomic mass is 10.1. The summed E-state index contributed by atoms with van der Waals surface area (Å²) in [5, 5.41) is 2.79. The maximum absolute atomic E-state index is 12.2. The van der Waals surface area contributed by atoms with Gasteiger partial charge in [0.2, 0.25) is 0 Å². The van der Waals surface area contributed by atoms with Crippen molar-refractivity contribution in [1.82, 2.24) is 5.32 Å². The van der Waals surface area contributed by atoms with E-state index in [4.69, 9.17) is 4.74 Å². The third kappa shape index (κ3) is 5.32. The molecule has 0 atom stereocenters. The summed E-state index contributed by atoms with van der Waals surface area (Å²) in [6.07, 6.45) is 5.68. The van der Waals surface area contributed by atoms with Crippen LogP contribution in [0.2, 0.25) is 0 Å². The summed E-state index contributed by atoms with van der Waals surface area (Å²) in [7, 11) is 3.97. The second kappa shape index (κ2) is 9.04. The summed E-state index contributed by atoms with van der Waals surface area (Å²) in [4.78, 5) is 28.1. The van der Waals surface area contributed by atoms with Gasteiger partial charge in [-0.15, -0.1) is 11.3 Å². The second-order valence-corrected chi connectivity index (χ2v) is 8.17. The van der Waals surface area contributed by atoms with Crippen LogP contribution in [0.5, 0.6) is 0 Å². The molecule has 1 heterocycles. The van der Waals surface area contributed by atoms with Crippen molar-refractivity contribution < 1.29 is 14.3 Å². The quantitative estimate of drug-likeness (QED) is 0.609. The van der Waals surface area contributed by atoms with Crippen molar-refractivity contribution in [3.63, 3.8) is 0 Å². The van der Waals surface area contributed by atoms with Crippen LogP contribution < -0.4 is 10.2 Å². The van der Waals surface area contributed by atoms with Crippen molar-refractivity contribution in [3.8, 4) is 0 Å². The van der Waals surface area contributed by atoms with Gasteiger partial charge in [0.1, 0.15) is 4.88 Å². The molecule has 3 rings (SSSR count). The molecule has 144 valence electrons. The number of amides is 1. The van der Waals surface area contributed by atoms with Gasteiger partial charge in [-0.3, -0.25) is 4.79 Å². The minimum Gasteiger partial charge on any atom is -0.451 e. The van der Waals surface area contributed by atoms with Crippen molar-refractivity contribution in [1.29, 1.82) is 0 Å². The SMILES string of the molecule is CN(C)c1ccc(CNC(=O)COC(=O)c2cc3c(s2)CCCCC3)cc1. The fourth-order valence-corrected chi connectivity index (χ4v) is 4.28. The van der Waals surface area contributed by atoms with Crippen molar-refractivity contribution >= 4 is 28.9 Å². The fourth-order valence-electron chi connectivity index (χ4n) is 3.13. The van der Waals surface area contributed by atoms with E-state index in [1.165, 1.54) is 41.0 Å². The van der Waals surface area contributed by atoms with Crippen LogP contribution in [0.4, 0.5) is 5.69 Å². The lowest BCUT2D eigenvalue weighted by molar-refractivity contribution is -0.124. The molecule has 6 heteroatoms. The predicted molar refractivity (Wildman–Crippen MR) is 108 cm³/mol. The number of aryl methyl sites for hydroxylation is 2. The standard InChI is InChI=1S/C21H26N2O3S/c1-23(2)17-10-8-15(9-11-17)13-22-20(24)14-26-21(25)19-12-16-6-4-3-5-7-18(16)27-19/h8-12H,3-7,13-14H2,1-2H3,(H,22,24). The number of esters is 1. The van der Waals surface area contributed by atoms with Gasteiger partial charge in [-0.2, -0.15) is 0 Å². The molecule has 0 spiro atoms. The summed E-state index contributed by atoms with van der Waals surface area (Å²) in [5.74, 6) is -0.697. The van der Waals surface area contributed by atoms with Crippen LogP contribution in [0.15, 0.2) is 30.3 Å². The molecule has 2 aromatic rings. The highest BCUT2D eigenvalue weighted by molar-refractivity contribution is 7.14. The number of hydrogen-bond acceptors (Lipinski definition) is 5. The zero-order valence-electron chi connectivity index (χ0n) is 15.9. The van der Waals surface area contributed by atoms with E-state index in [0.717, 1.165) is 24.1 Å². The number of carbonyl (C=O) groups excluding carboxylic acids is 2. The van der Waals surface area contributed by atoms with E-state index in [9.17, 15) is 9.59 Å². The van der Waals surface area contributed by atoms with Gasteiger partial charge in [-0.05, 0) is 55.0 Å². The number of anilines is 1. The van der Waals surface area contributed by atoms with Gasteiger partial charge in [-0.25, -0.2) is 4.79 Å². The zero-order chi connectivity index (χ0) is 19.2. The van der Waals surface area contributed by atoms with E-state index < -0.39 is 5.97 Å². The maximum atomic E-state index is 12.2. The number of nitrogens with zero attached hydrogens (tertiary/aromatic N) is 1. The molecule has 0 bridgehead atoms. The molecule has 1 aliphatic rings. The highest BCUT2D eigenvalue weighted by Crippen LogP contribution is 2.29. The van der Waals surface area contributed by atoms with E-state index in [1.54, 1.807) is 0 Å². The topological polar surface area (TPSA) is 58.6 Å². The number of benzene rings is 1. The van der Waals surface area contributed by atoms with Crippen LogP contribution in [0.25, 0.3) is 0 Å². The molecule has 1 N–H and O–H groups in total. The molecular formula is C21H26N2O3S. The molecular weight excluding hydrogens is 360 g/mol. The summed E-state index contributed by atoms with van der Waals surface area (Å²) < 4.78 is 5.19. The van der Waals surface area contributed by atoms with Gasteiger partial charge >= 0.3 is 5.97 Å². The molecule has 1 amide bonds. The largest absolute Gasteiger partial charge is 0.451 e. The van der Waals surface area contributed by atoms with Gasteiger partial charge in [0.05, 0.1) is 0 Å². The Morgan fingerprint density at radius 1 is 1.11 bits per heavy atom. The Hall–Kier alpha value is -2.34. The third-order valence-electron chi connectivity index (χ3n) is 4.72. The monoisotopic (exact) mass is 386 g/mol. The van der Waals surface area contributed by atoms with Crippen LogP contribution in [0.1, 0.15) is 44.9 Å². The summed E-state index contributed by atoms with van der Waals surface area (Å²) in [6, 6.07) is 9.89. The summed E-state index contributed by atoms with van der Waals surface area (Å²) in [5.41, 5.74) is 3.38. The number of carbonyl (C=O) groups is 2. The molecule has 0 saturated heterocycles. The Balaban J connectivity index is 1.45. The highest BCUT2D eigenvalue weighted by atomic mass is 32.1. The molecule has 0 aliphatic heterocycles. The van der Waals surface area contributed by atoms with E-state index >= 15 is 0 Å². The Labute approximate surface area is 164 Å². The van der Waals surface area contributed by atoms with E-state index in [0.29, 0.717) is 11.4 Å². The average molecular weight is 387 g/mol. The number of ether oxygens (including phenoxy) is 1. The van der Waals surface area contributed by atoms with Gasteiger partial charge in [-0.1, -0.05) is 18.6 Å². The van der Waals surface area contributed by atoms with Crippen molar-refractivity contribution in [2.24, 2.45) is 0 Å². The first-order chi connectivity index (χ1) is 13.0. The number of nitrogens with one attached hydrogen (secondary N) is 1. The normalized spacial score (nSPS) is 13.4. The Bertz CT molecular complexity index is 773. The molecule has 0 unspecified atom stereocenters. The Kier molecular flexibility index (Phi) is 6.50. The smallest absolute Gasteiger partial charge is 0.348 e. The first-order valence-electron chi connectivity index (χ1n) is 9.34. The fraction of sp³-hybridized carbons (Fsp3) is 0.429. The summed E-state index contributed by atoms with van der Waals surface area (Å²) >= 11 is 1.51. The minimum absolute atomic E-state index is 0.253. The van der Waals surface area contributed by atoms with Crippen molar-refractivity contribution in [2.45, 2.75) is 38.6 Å². The summed E-state index contributed by atoms with van der Waals surface area (Å²) in [6.45, 7) is 0.161. The molecule has 1 aliphatic carbocycles. The minimum atomic E-state index is -0.404. The molecule has 0 saturated carbocycles. The van der Waals surface area contributed by atoms with Gasteiger partial charge in [0.25, 0.3) is 5.91 Å². The van der Waals surface area contributed by atoms with Crippen LogP contribution in [-0.4, -0.2) is 32.6 Å². The Morgan fingerprint density at radius 2 is 1.85 bits per heavy atom. The zero-order valence-corrected chi connectivity index (χ0v) is 16.7. The van der Waals surface area contributed by atoms with Crippen LogP contribution in [-0.2, 0) is 28.9 Å². The molecule has 0 fully saturated rings. The number of hydrogen-bond donors (Lipinski definition) is 1. The van der Waals surface area contributed by atoms with E-state index in [1.807, 2.05) is 49.3 Å². The Morgan fingerprint density at radius 3 is 2.59 bits per heavy atom. The highest BCUT2D eigenvalue weighted by Gasteiger charge is 2.18. The van der Waals surface area contributed by atoms with Gasteiger partial charge in [0, 0.05) is 31.2 Å². The van der Waals surface area contributed by atoms with Crippen molar-refractivity contribution in [3.05, 3.63) is 51.2 Å². The van der Waals surface area contributed by atoms with Gasteiger partial charge in [0.15, 0.2) is 6.61 Å². The molecule has 1 aromatic carbocycles. The van der Waals surface area contributed by atoms with E-state index in [2.05, 4.69) is 5.32 Å². The van der Waals surface area contributed by atoms with Gasteiger partial charge < -0.3 is 15.0 Å². The number of fused-ring (bicyclic) bond motifs is 1. The number of thiophene rings is 1. The van der Waals surface area contributed by atoms with Crippen molar-refractivity contribution in [2.75, 3.05) is 25.6 Å². The van der Waals surface area contributed by atoms with Crippen LogP contribution >= 0.6 is 11.3 Å². The maximum Gasteiger partial charge on any atom is 0.348 e. The predicted octanol–water partition coefficient (Wildman–Crippen LogP) is 3.56. The molecule has 27 heavy (non-hydrogen) atoms. The second-order valence-electron chi connectivity index (χ2n) is 7.03. The number of rotatable bonds is 6. The molecule has 0 radical (unpaired) electrons. The molecule has 1 aromatic heterocycles. The first kappa shape index (κ1) is 19.4. The molecule has 5 nitrogen and oxygen atoms in total. The van der Waals surface area contributed by atoms with Crippen LogP contribution in [0, 0.1) is 0 Å². The lowest BCUT2D eigenvalue weighted by Gasteiger charge is -2.13. The van der Waals surface area contributed by atoms with Crippen LogP contribution in [0.3, 0.4) is 0 Å². The third-order valence-corrected chi connectivity index (χ3v) is 5.94. The average Bonchev–Trinajstić information content (AvgIpc) is 2.95.